The largest absolute Gasteiger partial charge is 0.493 e. The van der Waals surface area contributed by atoms with Crippen LogP contribution in [0.1, 0.15) is 44.0 Å². The van der Waals surface area contributed by atoms with Crippen molar-refractivity contribution in [3.63, 3.8) is 0 Å². The Morgan fingerprint density at radius 2 is 2.07 bits per heavy atom. The fourth-order valence-electron chi connectivity index (χ4n) is 2.61. The van der Waals surface area contributed by atoms with E-state index in [1.807, 2.05) is 13.8 Å². The first-order chi connectivity index (χ1) is 12.7. The number of amides is 1. The molecule has 1 aromatic rings. The lowest BCUT2D eigenvalue weighted by Crippen LogP contribution is -2.48. The molecular weight excluding hydrogens is 372 g/mol. The van der Waals surface area contributed by atoms with Gasteiger partial charge in [0, 0.05) is 0 Å². The molecule has 0 radical (unpaired) electrons. The fraction of sp³-hybridized carbons (Fsp3) is 0.526. The Hall–Kier alpha value is -2.46. The van der Waals surface area contributed by atoms with Crippen molar-refractivity contribution >= 4 is 23.5 Å². The highest BCUT2D eigenvalue weighted by molar-refractivity contribution is 6.32. The molecular formula is C19H23ClN2O5. The topological polar surface area (TPSA) is 97.6 Å². The summed E-state index contributed by atoms with van der Waals surface area (Å²) in [6, 6.07) is 4.95. The molecule has 1 aliphatic carbocycles. The van der Waals surface area contributed by atoms with Crippen molar-refractivity contribution in [1.82, 2.24) is 5.32 Å². The molecule has 0 bridgehead atoms. The zero-order chi connectivity index (χ0) is 20.2. The first-order valence-electron chi connectivity index (χ1n) is 8.63. The van der Waals surface area contributed by atoms with Gasteiger partial charge in [-0.1, -0.05) is 11.6 Å². The number of nitrogens with zero attached hydrogens (tertiary/aromatic N) is 1. The summed E-state index contributed by atoms with van der Waals surface area (Å²) in [4.78, 5) is 24.3. The summed E-state index contributed by atoms with van der Waals surface area (Å²) in [7, 11) is 1.43. The van der Waals surface area contributed by atoms with Gasteiger partial charge in [0.25, 0.3) is 5.91 Å². The number of esters is 1. The van der Waals surface area contributed by atoms with Crippen molar-refractivity contribution in [2.75, 3.05) is 13.7 Å². The molecule has 1 saturated carbocycles. The molecule has 0 aliphatic heterocycles. The second-order valence-corrected chi connectivity index (χ2v) is 7.28. The molecule has 2 rings (SSSR count). The molecule has 1 atom stereocenters. The Labute approximate surface area is 163 Å². The summed E-state index contributed by atoms with van der Waals surface area (Å²) in [6.07, 6.45) is 1.67. The first-order valence-corrected chi connectivity index (χ1v) is 9.01. The van der Waals surface area contributed by atoms with Gasteiger partial charge in [-0.3, -0.25) is 4.79 Å². The van der Waals surface area contributed by atoms with E-state index in [-0.39, 0.29) is 22.6 Å². The summed E-state index contributed by atoms with van der Waals surface area (Å²) in [5.41, 5.74) is -0.808. The Balaban J connectivity index is 2.02. The van der Waals surface area contributed by atoms with Gasteiger partial charge < -0.3 is 19.5 Å². The first kappa shape index (κ1) is 20.8. The molecule has 0 aromatic heterocycles. The minimum Gasteiger partial charge on any atom is -0.493 e. The highest BCUT2D eigenvalue weighted by atomic mass is 35.5. The molecule has 1 fully saturated rings. The Kier molecular flexibility index (Phi) is 6.55. The third kappa shape index (κ3) is 5.27. The van der Waals surface area contributed by atoms with Gasteiger partial charge in [0.05, 0.1) is 29.9 Å². The highest BCUT2D eigenvalue weighted by Gasteiger charge is 2.43. The Morgan fingerprint density at radius 3 is 2.59 bits per heavy atom. The standard InChI is InChI=1S/C19H23ClN2O5/c1-11(2)27-17-14(20)7-12(8-15(17)25-4)18(24)26-9-16(23)22-19(3,10-21)13-5-6-13/h7-8,11,13H,5-6,9H2,1-4H3,(H,22,23)/t19-/m0/s1. The summed E-state index contributed by atoms with van der Waals surface area (Å²) < 4.78 is 15.9. The van der Waals surface area contributed by atoms with Crippen molar-refractivity contribution in [2.45, 2.75) is 45.3 Å². The van der Waals surface area contributed by atoms with E-state index in [1.54, 1.807) is 6.92 Å². The highest BCUT2D eigenvalue weighted by Crippen LogP contribution is 2.39. The van der Waals surface area contributed by atoms with Crippen LogP contribution in [0.5, 0.6) is 11.5 Å². The lowest BCUT2D eigenvalue weighted by Gasteiger charge is -2.22. The number of benzene rings is 1. The number of nitrogens with one attached hydrogen (secondary N) is 1. The number of carbonyl (C=O) groups is 2. The number of halogens is 1. The van der Waals surface area contributed by atoms with Gasteiger partial charge >= 0.3 is 5.97 Å². The molecule has 1 aromatic carbocycles. The smallest absolute Gasteiger partial charge is 0.338 e. The average Bonchev–Trinajstić information content (AvgIpc) is 3.46. The van der Waals surface area contributed by atoms with Crippen LogP contribution in [0.2, 0.25) is 5.02 Å². The van der Waals surface area contributed by atoms with E-state index in [4.69, 9.17) is 25.8 Å². The number of ether oxygens (including phenoxy) is 3. The van der Waals surface area contributed by atoms with Gasteiger partial charge in [0.2, 0.25) is 0 Å². The van der Waals surface area contributed by atoms with E-state index in [0.29, 0.717) is 11.5 Å². The van der Waals surface area contributed by atoms with Crippen molar-refractivity contribution in [3.05, 3.63) is 22.7 Å². The number of hydrogen-bond donors (Lipinski definition) is 1. The Morgan fingerprint density at radius 1 is 1.41 bits per heavy atom. The molecule has 0 heterocycles. The third-order valence-electron chi connectivity index (χ3n) is 4.18. The summed E-state index contributed by atoms with van der Waals surface area (Å²) in [5, 5.41) is 12.1. The molecule has 1 amide bonds. The van der Waals surface area contributed by atoms with Crippen molar-refractivity contribution in [2.24, 2.45) is 5.92 Å². The van der Waals surface area contributed by atoms with Crippen LogP contribution in [0.25, 0.3) is 0 Å². The second kappa shape index (κ2) is 8.49. The van der Waals surface area contributed by atoms with E-state index in [2.05, 4.69) is 11.4 Å². The van der Waals surface area contributed by atoms with Crippen LogP contribution in [0.15, 0.2) is 12.1 Å². The summed E-state index contributed by atoms with van der Waals surface area (Å²) in [5.74, 6) is -0.501. The average molecular weight is 395 g/mol. The van der Waals surface area contributed by atoms with Gasteiger partial charge in [-0.05, 0) is 51.7 Å². The van der Waals surface area contributed by atoms with Crippen LogP contribution in [0.4, 0.5) is 0 Å². The van der Waals surface area contributed by atoms with E-state index in [0.717, 1.165) is 12.8 Å². The molecule has 146 valence electrons. The van der Waals surface area contributed by atoms with Gasteiger partial charge in [-0.2, -0.15) is 5.26 Å². The predicted octanol–water partition coefficient (Wildman–Crippen LogP) is 3.10. The van der Waals surface area contributed by atoms with Crippen LogP contribution >= 0.6 is 11.6 Å². The zero-order valence-corrected chi connectivity index (χ0v) is 16.6. The van der Waals surface area contributed by atoms with Crippen LogP contribution in [-0.4, -0.2) is 37.2 Å². The van der Waals surface area contributed by atoms with Crippen LogP contribution in [-0.2, 0) is 9.53 Å². The van der Waals surface area contributed by atoms with Crippen molar-refractivity contribution in [3.8, 4) is 17.6 Å². The summed E-state index contributed by atoms with van der Waals surface area (Å²) in [6.45, 7) is 4.86. The van der Waals surface area contributed by atoms with Crippen LogP contribution in [0, 0.1) is 17.2 Å². The maximum absolute atomic E-state index is 12.3. The van der Waals surface area contributed by atoms with E-state index in [9.17, 15) is 14.9 Å². The third-order valence-corrected chi connectivity index (χ3v) is 4.46. The van der Waals surface area contributed by atoms with Gasteiger partial charge in [0.1, 0.15) is 5.54 Å². The zero-order valence-electron chi connectivity index (χ0n) is 15.8. The van der Waals surface area contributed by atoms with Gasteiger partial charge in [0.15, 0.2) is 18.1 Å². The van der Waals surface area contributed by atoms with E-state index < -0.39 is 24.0 Å². The molecule has 1 N–H and O–H groups in total. The Bertz CT molecular complexity index is 770. The van der Waals surface area contributed by atoms with Crippen molar-refractivity contribution in [1.29, 1.82) is 5.26 Å². The maximum Gasteiger partial charge on any atom is 0.338 e. The number of methoxy groups -OCH3 is 1. The molecule has 1 aliphatic rings. The number of nitriles is 1. The quantitative estimate of drug-likeness (QED) is 0.680. The fourth-order valence-corrected chi connectivity index (χ4v) is 2.87. The van der Waals surface area contributed by atoms with Crippen LogP contribution < -0.4 is 14.8 Å². The SMILES string of the molecule is COc1cc(C(=O)OCC(=O)N[C@@](C)(C#N)C2CC2)cc(Cl)c1OC(C)C. The molecule has 8 heteroatoms. The van der Waals surface area contributed by atoms with Gasteiger partial charge in [-0.15, -0.1) is 0 Å². The molecule has 27 heavy (non-hydrogen) atoms. The number of hydrogen-bond acceptors (Lipinski definition) is 6. The minimum atomic E-state index is -0.939. The van der Waals surface area contributed by atoms with E-state index in [1.165, 1.54) is 19.2 Å². The van der Waals surface area contributed by atoms with Crippen LogP contribution in [0.3, 0.4) is 0 Å². The molecule has 7 nitrogen and oxygen atoms in total. The number of carbonyl (C=O) groups excluding carboxylic acids is 2. The van der Waals surface area contributed by atoms with Crippen molar-refractivity contribution < 1.29 is 23.8 Å². The second-order valence-electron chi connectivity index (χ2n) is 6.87. The van der Waals surface area contributed by atoms with Gasteiger partial charge in [-0.25, -0.2) is 4.79 Å². The minimum absolute atomic E-state index is 0.126. The van der Waals surface area contributed by atoms with E-state index >= 15 is 0 Å². The maximum atomic E-state index is 12.3. The lowest BCUT2D eigenvalue weighted by molar-refractivity contribution is -0.125. The summed E-state index contributed by atoms with van der Waals surface area (Å²) >= 11 is 6.18. The molecule has 0 spiro atoms. The predicted molar refractivity (Wildman–Crippen MR) is 98.9 cm³/mol. The normalized spacial score (nSPS) is 15.4. The molecule has 0 saturated heterocycles. The number of rotatable bonds is 8. The monoisotopic (exact) mass is 394 g/mol. The lowest BCUT2D eigenvalue weighted by atomic mass is 9.98. The molecule has 0 unspecified atom stereocenters.